The van der Waals surface area contributed by atoms with Crippen molar-refractivity contribution in [2.24, 2.45) is 5.73 Å². The molecule has 2 rings (SSSR count). The van der Waals surface area contributed by atoms with Gasteiger partial charge in [0.15, 0.2) is 0 Å². The van der Waals surface area contributed by atoms with Gasteiger partial charge in [-0.05, 0) is 31.6 Å². The van der Waals surface area contributed by atoms with Crippen LogP contribution < -0.4 is 5.73 Å². The van der Waals surface area contributed by atoms with Crippen molar-refractivity contribution in [2.45, 2.75) is 24.3 Å². The minimum Gasteiger partial charge on any atom is -0.322 e. The molecule has 0 saturated carbocycles. The van der Waals surface area contributed by atoms with Gasteiger partial charge in [-0.1, -0.05) is 22.0 Å². The molecule has 0 atom stereocenters. The van der Waals surface area contributed by atoms with Gasteiger partial charge in [-0.2, -0.15) is 0 Å². The second-order valence-electron chi connectivity index (χ2n) is 4.41. The number of sulfone groups is 1. The van der Waals surface area contributed by atoms with Crippen molar-refractivity contribution in [2.75, 3.05) is 0 Å². The van der Waals surface area contributed by atoms with Crippen LogP contribution in [0, 0.1) is 0 Å². The summed E-state index contributed by atoms with van der Waals surface area (Å²) in [4.78, 5) is 0.329. The minimum absolute atomic E-state index is 0.329. The second kappa shape index (κ2) is 3.42. The molecule has 0 aromatic heterocycles. The Morgan fingerprint density at radius 3 is 2.50 bits per heavy atom. The van der Waals surface area contributed by atoms with E-state index in [-0.39, 0.29) is 0 Å². The third kappa shape index (κ3) is 1.73. The van der Waals surface area contributed by atoms with Crippen LogP contribution >= 0.6 is 15.9 Å². The minimum atomic E-state index is -3.33. The molecule has 16 heavy (non-hydrogen) atoms. The highest BCUT2D eigenvalue weighted by Crippen LogP contribution is 2.42. The molecule has 0 aliphatic carbocycles. The molecular formula is C11H12BrNO2S. The van der Waals surface area contributed by atoms with Crippen LogP contribution in [0.15, 0.2) is 33.0 Å². The molecule has 1 heterocycles. The third-order valence-electron chi connectivity index (χ3n) is 2.52. The average molecular weight is 302 g/mol. The summed E-state index contributed by atoms with van der Waals surface area (Å²) in [6, 6.07) is 5.13. The summed E-state index contributed by atoms with van der Waals surface area (Å²) in [5.41, 5.74) is 6.65. The van der Waals surface area contributed by atoms with Crippen molar-refractivity contribution in [1.29, 1.82) is 0 Å². The largest absolute Gasteiger partial charge is 0.322 e. The average Bonchev–Trinajstić information content (AvgIpc) is 2.39. The molecule has 0 fully saturated rings. The smallest absolute Gasteiger partial charge is 0.200 e. The fourth-order valence-electron chi connectivity index (χ4n) is 1.75. The van der Waals surface area contributed by atoms with Crippen LogP contribution in [0.2, 0.25) is 0 Å². The Labute approximate surface area is 103 Å². The predicted molar refractivity (Wildman–Crippen MR) is 67.6 cm³/mol. The molecule has 0 spiro atoms. The van der Waals surface area contributed by atoms with Crippen molar-refractivity contribution < 1.29 is 8.42 Å². The van der Waals surface area contributed by atoms with Crippen molar-refractivity contribution >= 4 is 31.3 Å². The molecule has 1 aliphatic heterocycles. The van der Waals surface area contributed by atoms with Gasteiger partial charge in [-0.25, -0.2) is 8.42 Å². The first-order chi connectivity index (χ1) is 7.23. The van der Waals surface area contributed by atoms with E-state index in [1.54, 1.807) is 26.0 Å². The normalized spacial score (nSPS) is 18.1. The molecule has 0 unspecified atom stereocenters. The fraction of sp³-hybridized carbons (Fsp3) is 0.273. The molecule has 1 aliphatic rings. The number of rotatable bonds is 1. The number of halogens is 1. The molecule has 0 radical (unpaired) electrons. The Morgan fingerprint density at radius 2 is 1.94 bits per heavy atom. The summed E-state index contributed by atoms with van der Waals surface area (Å²) in [6.07, 6.45) is 0. The summed E-state index contributed by atoms with van der Waals surface area (Å²) in [5, 5.41) is 1.27. The van der Waals surface area contributed by atoms with Gasteiger partial charge in [0, 0.05) is 21.0 Å². The Balaban J connectivity index is 2.82. The van der Waals surface area contributed by atoms with E-state index in [2.05, 4.69) is 15.9 Å². The number of fused-ring (bicyclic) bond motifs is 1. The Morgan fingerprint density at radius 1 is 1.31 bits per heavy atom. The van der Waals surface area contributed by atoms with Crippen molar-refractivity contribution in [3.63, 3.8) is 0 Å². The van der Waals surface area contributed by atoms with E-state index in [1.807, 2.05) is 6.07 Å². The van der Waals surface area contributed by atoms with Gasteiger partial charge >= 0.3 is 0 Å². The van der Waals surface area contributed by atoms with Gasteiger partial charge in [0.2, 0.25) is 9.84 Å². The zero-order valence-corrected chi connectivity index (χ0v) is 11.4. The highest BCUT2D eigenvalue weighted by Gasteiger charge is 2.34. The quantitative estimate of drug-likeness (QED) is 0.866. The lowest BCUT2D eigenvalue weighted by atomic mass is 9.91. The lowest BCUT2D eigenvalue weighted by molar-refractivity contribution is 0.605. The SMILES string of the molecule is CC(C)(N)C1=CS(=O)(=O)c2cccc(Br)c21. The van der Waals surface area contributed by atoms with Crippen LogP contribution in [0.3, 0.4) is 0 Å². The van der Waals surface area contributed by atoms with Crippen molar-refractivity contribution in [1.82, 2.24) is 0 Å². The number of benzene rings is 1. The van der Waals surface area contributed by atoms with Crippen LogP contribution in [-0.4, -0.2) is 14.0 Å². The van der Waals surface area contributed by atoms with E-state index in [0.29, 0.717) is 16.0 Å². The molecule has 0 bridgehead atoms. The van der Waals surface area contributed by atoms with Gasteiger partial charge in [0.1, 0.15) is 0 Å². The molecule has 1 aromatic carbocycles. The molecule has 86 valence electrons. The zero-order chi connectivity index (χ0) is 12.1. The summed E-state index contributed by atoms with van der Waals surface area (Å²) in [5.74, 6) is 0. The highest BCUT2D eigenvalue weighted by molar-refractivity contribution is 9.10. The molecule has 2 N–H and O–H groups in total. The van der Waals surface area contributed by atoms with Gasteiger partial charge in [0.25, 0.3) is 0 Å². The van der Waals surface area contributed by atoms with E-state index in [1.165, 1.54) is 5.41 Å². The van der Waals surface area contributed by atoms with Crippen molar-refractivity contribution in [3.05, 3.63) is 33.6 Å². The van der Waals surface area contributed by atoms with Gasteiger partial charge in [0.05, 0.1) is 4.90 Å². The van der Waals surface area contributed by atoms with Crippen LogP contribution in [-0.2, 0) is 9.84 Å². The lowest BCUT2D eigenvalue weighted by Crippen LogP contribution is -2.33. The Bertz CT molecular complexity index is 582. The first-order valence-corrected chi connectivity index (χ1v) is 7.12. The summed E-state index contributed by atoms with van der Waals surface area (Å²) < 4.78 is 24.6. The maximum absolute atomic E-state index is 11.9. The zero-order valence-electron chi connectivity index (χ0n) is 8.99. The highest BCUT2D eigenvalue weighted by atomic mass is 79.9. The predicted octanol–water partition coefficient (Wildman–Crippen LogP) is 2.31. The molecular weight excluding hydrogens is 290 g/mol. The molecule has 3 nitrogen and oxygen atoms in total. The van der Waals surface area contributed by atoms with Gasteiger partial charge in [-0.3, -0.25) is 0 Å². The van der Waals surface area contributed by atoms with Gasteiger partial charge in [-0.15, -0.1) is 0 Å². The first-order valence-electron chi connectivity index (χ1n) is 4.78. The fourth-order valence-corrected chi connectivity index (χ4v) is 4.10. The maximum Gasteiger partial charge on any atom is 0.200 e. The van der Waals surface area contributed by atoms with E-state index < -0.39 is 15.4 Å². The Kier molecular flexibility index (Phi) is 2.53. The van der Waals surface area contributed by atoms with Crippen LogP contribution in [0.25, 0.3) is 5.57 Å². The summed E-state index contributed by atoms with van der Waals surface area (Å²) in [6.45, 7) is 3.59. The third-order valence-corrected chi connectivity index (χ3v) is 4.68. The first kappa shape index (κ1) is 11.8. The van der Waals surface area contributed by atoms with Gasteiger partial charge < -0.3 is 5.73 Å². The summed E-state index contributed by atoms with van der Waals surface area (Å²) in [7, 11) is -3.33. The lowest BCUT2D eigenvalue weighted by Gasteiger charge is -2.21. The standard InChI is InChI=1S/C11H12BrNO2S/c1-11(2,13)7-6-16(14,15)9-5-3-4-8(12)10(7)9/h3-6H,13H2,1-2H3. The molecule has 0 saturated heterocycles. The molecule has 5 heteroatoms. The number of nitrogens with two attached hydrogens (primary N) is 1. The van der Waals surface area contributed by atoms with Crippen molar-refractivity contribution in [3.8, 4) is 0 Å². The summed E-state index contributed by atoms with van der Waals surface area (Å²) >= 11 is 3.37. The van der Waals surface area contributed by atoms with Crippen LogP contribution in [0.1, 0.15) is 19.4 Å². The maximum atomic E-state index is 11.9. The van der Waals surface area contributed by atoms with Crippen LogP contribution in [0.5, 0.6) is 0 Å². The molecule has 1 aromatic rings. The van der Waals surface area contributed by atoms with E-state index in [4.69, 9.17) is 5.73 Å². The number of hydrogen-bond donors (Lipinski definition) is 1. The van der Waals surface area contributed by atoms with Crippen LogP contribution in [0.4, 0.5) is 0 Å². The monoisotopic (exact) mass is 301 g/mol. The Hall–Kier alpha value is -0.650. The molecule has 0 amide bonds. The van der Waals surface area contributed by atoms with E-state index in [9.17, 15) is 8.42 Å². The topological polar surface area (TPSA) is 60.2 Å². The van der Waals surface area contributed by atoms with E-state index in [0.717, 1.165) is 4.47 Å². The number of hydrogen-bond acceptors (Lipinski definition) is 3. The van der Waals surface area contributed by atoms with E-state index >= 15 is 0 Å². The second-order valence-corrected chi connectivity index (χ2v) is 7.03.